The number of nitrogens with two attached hydrogens (primary N) is 1. The molecule has 1 aliphatic rings. The zero-order valence-corrected chi connectivity index (χ0v) is 17.3. The number of nitrogens with zero attached hydrogens (tertiary/aromatic N) is 2. The van der Waals surface area contributed by atoms with Gasteiger partial charge in [-0.2, -0.15) is 13.2 Å². The summed E-state index contributed by atoms with van der Waals surface area (Å²) in [5.41, 5.74) is 2.27. The van der Waals surface area contributed by atoms with Crippen LogP contribution in [0.4, 0.5) is 34.6 Å². The number of nitrogens with one attached hydrogen (secondary N) is 2. The van der Waals surface area contributed by atoms with Gasteiger partial charge >= 0.3 is 6.18 Å². The molecule has 168 valence electrons. The number of amides is 1. The zero-order valence-electron chi connectivity index (χ0n) is 17.3. The van der Waals surface area contributed by atoms with E-state index in [1.54, 1.807) is 30.0 Å². The number of alkyl halides is 3. The van der Waals surface area contributed by atoms with Crippen LogP contribution in [0.25, 0.3) is 0 Å². The Balaban J connectivity index is 1.95. The van der Waals surface area contributed by atoms with Gasteiger partial charge in [0.2, 0.25) is 0 Å². The third-order valence-corrected chi connectivity index (χ3v) is 5.43. The SMILES string of the molecule is CCN1CCN(c2cc(C(=O)Nc3ccc(C)c(NN)c3)cc(C(F)(F)F)c2F)CC1. The highest BCUT2D eigenvalue weighted by Gasteiger charge is 2.37. The van der Waals surface area contributed by atoms with E-state index in [1.165, 1.54) is 6.07 Å². The van der Waals surface area contributed by atoms with E-state index in [0.717, 1.165) is 12.1 Å². The number of rotatable bonds is 5. The Labute approximate surface area is 178 Å². The summed E-state index contributed by atoms with van der Waals surface area (Å²) in [5, 5.41) is 2.55. The Hall–Kier alpha value is -2.85. The first-order valence-electron chi connectivity index (χ1n) is 9.90. The Kier molecular flexibility index (Phi) is 6.71. The molecule has 0 aromatic heterocycles. The molecule has 31 heavy (non-hydrogen) atoms. The number of carbonyl (C=O) groups excluding carboxylic acids is 1. The molecule has 0 saturated carbocycles. The number of nitrogen functional groups attached to an aromatic ring is 1. The summed E-state index contributed by atoms with van der Waals surface area (Å²) in [4.78, 5) is 16.4. The molecule has 1 amide bonds. The molecule has 2 aromatic rings. The normalized spacial score (nSPS) is 15.1. The lowest BCUT2D eigenvalue weighted by Gasteiger charge is -2.36. The number of hydrogen-bond donors (Lipinski definition) is 3. The lowest BCUT2D eigenvalue weighted by atomic mass is 10.1. The molecule has 0 unspecified atom stereocenters. The van der Waals surface area contributed by atoms with E-state index >= 15 is 0 Å². The van der Waals surface area contributed by atoms with Gasteiger partial charge in [0.15, 0.2) is 5.82 Å². The lowest BCUT2D eigenvalue weighted by Crippen LogP contribution is -2.46. The Morgan fingerprint density at radius 3 is 2.39 bits per heavy atom. The topological polar surface area (TPSA) is 73.6 Å². The van der Waals surface area contributed by atoms with E-state index < -0.39 is 23.5 Å². The summed E-state index contributed by atoms with van der Waals surface area (Å²) < 4.78 is 55.3. The number of likely N-dealkylation sites (N-methyl/N-ethyl adjacent to an activating group) is 1. The van der Waals surface area contributed by atoms with Crippen LogP contribution in [0.1, 0.15) is 28.4 Å². The van der Waals surface area contributed by atoms with Crippen molar-refractivity contribution >= 4 is 23.0 Å². The van der Waals surface area contributed by atoms with Crippen LogP contribution >= 0.6 is 0 Å². The minimum Gasteiger partial charge on any atom is -0.367 e. The number of hydrazine groups is 1. The fourth-order valence-corrected chi connectivity index (χ4v) is 3.54. The molecule has 1 fully saturated rings. The largest absolute Gasteiger partial charge is 0.419 e. The van der Waals surface area contributed by atoms with Crippen molar-refractivity contribution in [3.8, 4) is 0 Å². The van der Waals surface area contributed by atoms with Crippen molar-refractivity contribution in [2.45, 2.75) is 20.0 Å². The first-order chi connectivity index (χ1) is 14.6. The van der Waals surface area contributed by atoms with E-state index in [9.17, 15) is 22.4 Å². The summed E-state index contributed by atoms with van der Waals surface area (Å²) in [5.74, 6) is 3.30. The Bertz CT molecular complexity index is 956. The van der Waals surface area contributed by atoms with Gasteiger partial charge in [0.1, 0.15) is 0 Å². The predicted octanol–water partition coefficient (Wildman–Crippen LogP) is 3.83. The molecule has 0 atom stereocenters. The van der Waals surface area contributed by atoms with Crippen molar-refractivity contribution in [2.75, 3.05) is 48.4 Å². The molecule has 1 heterocycles. The third kappa shape index (κ3) is 5.08. The Morgan fingerprint density at radius 2 is 1.81 bits per heavy atom. The standard InChI is InChI=1S/C21H25F4N5O/c1-3-29-6-8-30(9-7-29)18-11-14(10-16(19(18)22)21(23,24)25)20(31)27-15-5-4-13(2)17(12-15)28-26/h4-5,10-12,28H,3,6-9,26H2,1-2H3,(H,27,31). The van der Waals surface area contributed by atoms with Crippen LogP contribution in [0, 0.1) is 12.7 Å². The highest BCUT2D eigenvalue weighted by atomic mass is 19.4. The number of halogens is 4. The van der Waals surface area contributed by atoms with E-state index in [0.29, 0.717) is 43.6 Å². The Morgan fingerprint density at radius 1 is 1.13 bits per heavy atom. The van der Waals surface area contributed by atoms with Gasteiger partial charge in [-0.1, -0.05) is 13.0 Å². The average molecular weight is 439 g/mol. The number of aryl methyl sites for hydroxylation is 1. The predicted molar refractivity (Wildman–Crippen MR) is 113 cm³/mol. The molecule has 1 aliphatic heterocycles. The number of anilines is 3. The number of piperazine rings is 1. The average Bonchev–Trinajstić information content (AvgIpc) is 2.74. The first-order valence-corrected chi connectivity index (χ1v) is 9.90. The van der Waals surface area contributed by atoms with Crippen LogP contribution in [0.3, 0.4) is 0 Å². The fraction of sp³-hybridized carbons (Fsp3) is 0.381. The molecule has 6 nitrogen and oxygen atoms in total. The van der Waals surface area contributed by atoms with E-state index in [1.807, 2.05) is 6.92 Å². The molecule has 0 radical (unpaired) electrons. The fourth-order valence-electron chi connectivity index (χ4n) is 3.54. The van der Waals surface area contributed by atoms with Crippen molar-refractivity contribution in [3.63, 3.8) is 0 Å². The molecule has 1 saturated heterocycles. The first kappa shape index (κ1) is 22.8. The van der Waals surface area contributed by atoms with Gasteiger partial charge in [0.25, 0.3) is 5.91 Å². The molecule has 10 heteroatoms. The monoisotopic (exact) mass is 439 g/mol. The second kappa shape index (κ2) is 9.11. The van der Waals surface area contributed by atoms with Crippen molar-refractivity contribution in [1.82, 2.24) is 4.90 Å². The van der Waals surface area contributed by atoms with Crippen molar-refractivity contribution in [3.05, 3.63) is 52.8 Å². The summed E-state index contributed by atoms with van der Waals surface area (Å²) in [6.45, 7) is 6.55. The third-order valence-electron chi connectivity index (χ3n) is 5.43. The molecule has 0 bridgehead atoms. The highest BCUT2D eigenvalue weighted by molar-refractivity contribution is 6.05. The minimum atomic E-state index is -4.93. The zero-order chi connectivity index (χ0) is 22.8. The van der Waals surface area contributed by atoms with Crippen LogP contribution in [-0.2, 0) is 6.18 Å². The number of hydrogen-bond acceptors (Lipinski definition) is 5. The van der Waals surface area contributed by atoms with Crippen molar-refractivity contribution in [2.24, 2.45) is 5.84 Å². The summed E-state index contributed by atoms with van der Waals surface area (Å²) in [6, 6.07) is 6.60. The van der Waals surface area contributed by atoms with Gasteiger partial charge in [-0.15, -0.1) is 0 Å². The molecule has 4 N–H and O–H groups in total. The van der Waals surface area contributed by atoms with Gasteiger partial charge in [-0.25, -0.2) is 4.39 Å². The smallest absolute Gasteiger partial charge is 0.367 e. The molecule has 0 spiro atoms. The maximum atomic E-state index is 14.8. The summed E-state index contributed by atoms with van der Waals surface area (Å²) >= 11 is 0. The van der Waals surface area contributed by atoms with E-state index in [-0.39, 0.29) is 11.3 Å². The van der Waals surface area contributed by atoms with Crippen molar-refractivity contribution in [1.29, 1.82) is 0 Å². The van der Waals surface area contributed by atoms with Gasteiger partial charge in [0.05, 0.1) is 16.9 Å². The van der Waals surface area contributed by atoms with Gasteiger partial charge in [0, 0.05) is 37.4 Å². The van der Waals surface area contributed by atoms with Gasteiger partial charge < -0.3 is 20.5 Å². The number of carbonyl (C=O) groups is 1. The maximum absolute atomic E-state index is 14.8. The van der Waals surface area contributed by atoms with Crippen molar-refractivity contribution < 1.29 is 22.4 Å². The van der Waals surface area contributed by atoms with Crippen LogP contribution in [0.5, 0.6) is 0 Å². The number of benzene rings is 2. The van der Waals surface area contributed by atoms with Crippen LogP contribution in [-0.4, -0.2) is 43.5 Å². The summed E-state index contributed by atoms with van der Waals surface area (Å²) in [6.07, 6.45) is -4.93. The molecular weight excluding hydrogens is 414 g/mol. The molecule has 3 rings (SSSR count). The van der Waals surface area contributed by atoms with E-state index in [2.05, 4.69) is 15.6 Å². The highest BCUT2D eigenvalue weighted by Crippen LogP contribution is 2.37. The van der Waals surface area contributed by atoms with Crippen LogP contribution in [0.15, 0.2) is 30.3 Å². The summed E-state index contributed by atoms with van der Waals surface area (Å²) in [7, 11) is 0. The quantitative estimate of drug-likeness (QED) is 0.375. The lowest BCUT2D eigenvalue weighted by molar-refractivity contribution is -0.139. The van der Waals surface area contributed by atoms with Crippen LogP contribution < -0.4 is 21.5 Å². The second-order valence-corrected chi connectivity index (χ2v) is 7.40. The molecule has 2 aromatic carbocycles. The van der Waals surface area contributed by atoms with E-state index in [4.69, 9.17) is 5.84 Å². The van der Waals surface area contributed by atoms with Crippen LogP contribution in [0.2, 0.25) is 0 Å². The maximum Gasteiger partial charge on any atom is 0.419 e. The molecule has 0 aliphatic carbocycles. The molecular formula is C21H25F4N5O. The van der Waals surface area contributed by atoms with Gasteiger partial charge in [-0.3, -0.25) is 10.6 Å². The van der Waals surface area contributed by atoms with Gasteiger partial charge in [-0.05, 0) is 43.3 Å². The second-order valence-electron chi connectivity index (χ2n) is 7.40. The minimum absolute atomic E-state index is 0.219.